The molecule has 2 saturated heterocycles. The zero-order valence-corrected chi connectivity index (χ0v) is 69.3. The fraction of sp³-hybridized carbons (Fsp3) is 0.197. The third-order valence-electron chi connectivity index (χ3n) is 15.8. The van der Waals surface area contributed by atoms with Gasteiger partial charge in [-0.25, -0.2) is 40.5 Å². The number of aldehydes is 1. The predicted octanol–water partition coefficient (Wildman–Crippen LogP) is 17.8. The number of fused-ring (bicyclic) bond motifs is 4. The molecule has 13 rings (SSSR count). The Labute approximate surface area is 701 Å². The number of carbonyl (C=O) groups excluding carboxylic acids is 2. The summed E-state index contributed by atoms with van der Waals surface area (Å²) in [6.07, 6.45) is 11.9. The number of ether oxygens (including phenoxy) is 9. The molecule has 6 heterocycles. The van der Waals surface area contributed by atoms with Gasteiger partial charge in [0.25, 0.3) is 16.7 Å². The van der Waals surface area contributed by atoms with Crippen LogP contribution in [-0.2, 0) is 23.6 Å². The number of halogens is 12. The SMILES string of the molecule is COc1cc(/C=C/C(=O)N=[N+]=[N-])ccc1F.COc1cc(/C=C/C(=O)O)ccc1F.COc1cc(C=O)ccc1F.COc1cc2c(Br)c[nH]c(=O)c2cc1F.COc1cc2c(N3CCOCC3)c[nH]c(=O)c2cc1F.COc1cc2c(N3CCOCC3)cnc(Cl)c2cc1F.COc1cc2cc[nH]c(=O)c2cc1F.O=P(Cl)(Cl)Cl.[B]=NS. The van der Waals surface area contributed by atoms with Gasteiger partial charge in [0.05, 0.1) is 110 Å². The molecule has 0 aliphatic carbocycles. The summed E-state index contributed by atoms with van der Waals surface area (Å²) in [6, 6.07) is 25.0. The second-order valence-corrected chi connectivity index (χ2v) is 31.0. The number of aromatic amines is 3. The minimum atomic E-state index is -3.22. The van der Waals surface area contributed by atoms with Crippen LogP contribution in [0.2, 0.25) is 5.15 Å². The Bertz CT molecular complexity index is 5690. The third-order valence-corrected chi connectivity index (χ3v) is 16.7. The molecule has 623 valence electrons. The van der Waals surface area contributed by atoms with Gasteiger partial charge < -0.3 is 72.5 Å². The predicted molar refractivity (Wildman–Crippen MR) is 447 cm³/mol. The molecule has 2 aliphatic heterocycles. The topological polar surface area (TPSA) is 351 Å². The van der Waals surface area contributed by atoms with Gasteiger partial charge in [-0.15, -0.1) is 0 Å². The summed E-state index contributed by atoms with van der Waals surface area (Å²) in [4.78, 5) is 84.2. The number of carboxylic acids is 1. The van der Waals surface area contributed by atoms with Crippen LogP contribution in [0.1, 0.15) is 21.5 Å². The van der Waals surface area contributed by atoms with Crippen molar-refractivity contribution >= 4 is 172 Å². The molecule has 27 nitrogen and oxygen atoms in total. The second-order valence-electron chi connectivity index (χ2n) is 22.9. The number of benzene rings is 7. The van der Waals surface area contributed by atoms with Crippen molar-refractivity contribution in [1.82, 2.24) is 19.9 Å². The molecule has 11 aromatic rings. The summed E-state index contributed by atoms with van der Waals surface area (Å²) in [6.45, 7) is 5.64. The number of carboxylic acid groups (broad SMARTS) is 1. The number of aliphatic carboxylic acids is 1. The molecular formula is C76H69BBrCl4F7N10O17PS. The summed E-state index contributed by atoms with van der Waals surface area (Å²) >= 11 is 26.4. The molecule has 42 heteroatoms. The number of nitrogens with one attached hydrogen (secondary N) is 3. The maximum absolute atomic E-state index is 13.8. The van der Waals surface area contributed by atoms with Gasteiger partial charge in [0.1, 0.15) is 11.4 Å². The Morgan fingerprint density at radius 3 is 1.36 bits per heavy atom. The van der Waals surface area contributed by atoms with Gasteiger partial charge in [-0.05, 0) is 186 Å². The van der Waals surface area contributed by atoms with Crippen LogP contribution in [0.25, 0.3) is 65.7 Å². The molecule has 0 saturated carbocycles. The first-order chi connectivity index (χ1) is 56.2. The summed E-state index contributed by atoms with van der Waals surface area (Å²) in [5.41, 5.74) is 10.4. The first-order valence-corrected chi connectivity index (χ1v) is 39.4. The standard InChI is InChI=1S/C14H14ClFN2O2.C14H15FN2O3.C10H7BrFNO2.C10H8FN3O2.C10H8FNO2.C10H9FO3.C8H7FO2.BHNS.Cl3OP/c1-19-13-7-9-10(6-11(13)16)14(15)17-8-12(9)18-2-4-20-5-3-18;1-19-13-7-9-10(6-11(13)15)14(18)16-8-12(9)17-2-4-20-5-3-17;1-15-9-3-5-6(2-8(9)12)10(14)13-4-7(5)11;1-16-9-6-7(2-4-8(9)11)3-5-10(15)13-14-12;1-14-9-4-6-2-3-12-10(13)7(6)5-8(9)11;1-14-9-6-7(2-4-8(9)11)3-5-10(12)13;1-11-8-4-6(5-10)2-3-7(8)9;1-2-3;1-5(2,3)4/h6-8H,2-5H2,1H3;6-8H,2-5H2,1H3,(H,16,18);2-4H,1H3,(H,13,14);2-6H,1H3;2-5H,1H3,(H,12,13);2-6H,1H3,(H,12,13);2-5H,1H3;3H;/b;;;5-3+;;5-3+;;;. The zero-order valence-electron chi connectivity index (χ0n) is 62.9. The van der Waals surface area contributed by atoms with E-state index in [1.54, 1.807) is 30.6 Å². The van der Waals surface area contributed by atoms with Crippen molar-refractivity contribution in [1.29, 1.82) is 0 Å². The first-order valence-electron chi connectivity index (χ1n) is 33.4. The van der Waals surface area contributed by atoms with Crippen molar-refractivity contribution < 1.29 is 97.4 Å². The van der Waals surface area contributed by atoms with Crippen LogP contribution < -0.4 is 59.6 Å². The number of azide groups is 1. The fourth-order valence-electron chi connectivity index (χ4n) is 10.3. The number of pyridine rings is 4. The van der Waals surface area contributed by atoms with Crippen LogP contribution in [0.15, 0.2) is 174 Å². The van der Waals surface area contributed by atoms with Crippen molar-refractivity contribution in [2.45, 2.75) is 0 Å². The Morgan fingerprint density at radius 1 is 0.551 bits per heavy atom. The van der Waals surface area contributed by atoms with Crippen LogP contribution in [-0.4, -0.2) is 153 Å². The van der Waals surface area contributed by atoms with E-state index in [0.29, 0.717) is 96.7 Å². The minimum absolute atomic E-state index is 0.0818. The molecule has 7 aromatic carbocycles. The summed E-state index contributed by atoms with van der Waals surface area (Å²) in [5.74, 6) is -4.37. The molecule has 4 N–H and O–H groups in total. The Hall–Kier alpha value is -11.1. The zero-order chi connectivity index (χ0) is 87.3. The summed E-state index contributed by atoms with van der Waals surface area (Å²) < 4.78 is 150. The fourth-order valence-corrected chi connectivity index (χ4v) is 11.0. The van der Waals surface area contributed by atoms with Crippen molar-refractivity contribution in [3.8, 4) is 40.2 Å². The van der Waals surface area contributed by atoms with Crippen molar-refractivity contribution in [3.63, 3.8) is 0 Å². The van der Waals surface area contributed by atoms with E-state index in [1.807, 2.05) is 0 Å². The van der Waals surface area contributed by atoms with Crippen LogP contribution in [0.5, 0.6) is 40.2 Å². The molecule has 2 aliphatic rings. The number of hydrogen-bond donors (Lipinski definition) is 5. The number of amides is 1. The monoisotopic (exact) mass is 1820 g/mol. The van der Waals surface area contributed by atoms with E-state index in [-0.39, 0.29) is 56.9 Å². The number of nitrogens with zero attached hydrogens (tertiary/aromatic N) is 7. The molecular weight excluding hydrogens is 1750 g/mol. The molecule has 4 aromatic heterocycles. The molecule has 0 bridgehead atoms. The molecule has 1 amide bonds. The van der Waals surface area contributed by atoms with Crippen LogP contribution in [0.4, 0.5) is 42.1 Å². The van der Waals surface area contributed by atoms with Gasteiger partial charge in [-0.1, -0.05) is 29.8 Å². The van der Waals surface area contributed by atoms with Gasteiger partial charge in [0.2, 0.25) is 5.91 Å². The molecule has 1 radical (unpaired) electrons. The van der Waals surface area contributed by atoms with Crippen LogP contribution in [0, 0.1) is 40.7 Å². The maximum atomic E-state index is 13.8. The van der Waals surface area contributed by atoms with Crippen LogP contribution >= 0.6 is 79.3 Å². The summed E-state index contributed by atoms with van der Waals surface area (Å²) in [5, 5.41) is 12.6. The van der Waals surface area contributed by atoms with E-state index < -0.39 is 57.8 Å². The number of morpholine rings is 2. The molecule has 0 unspecified atom stereocenters. The second kappa shape index (κ2) is 49.2. The number of thiol groups is 1. The van der Waals surface area contributed by atoms with Crippen molar-refractivity contribution in [3.05, 3.63) is 255 Å². The van der Waals surface area contributed by atoms with Gasteiger partial charge in [0.15, 0.2) is 81.0 Å². The van der Waals surface area contributed by atoms with Crippen LogP contribution in [0.3, 0.4) is 0 Å². The Balaban J connectivity index is 0.000000243. The normalized spacial score (nSPS) is 11.9. The number of carbonyl (C=O) groups is 3. The van der Waals surface area contributed by atoms with E-state index in [2.05, 4.69) is 119 Å². The van der Waals surface area contributed by atoms with Crippen molar-refractivity contribution in [2.75, 3.05) is 112 Å². The van der Waals surface area contributed by atoms with E-state index >= 15 is 0 Å². The number of rotatable bonds is 14. The number of methoxy groups -OCH3 is 7. The average molecular weight is 1820 g/mol. The quantitative estimate of drug-likeness (QED) is 0.00645. The van der Waals surface area contributed by atoms with E-state index in [1.165, 1.54) is 159 Å². The molecule has 118 heavy (non-hydrogen) atoms. The van der Waals surface area contributed by atoms with Crippen molar-refractivity contribution in [2.24, 2.45) is 9.41 Å². The van der Waals surface area contributed by atoms with Gasteiger partial charge >= 0.3 is 35.9 Å². The van der Waals surface area contributed by atoms with E-state index in [9.17, 15) is 64.1 Å². The van der Waals surface area contributed by atoms with E-state index in [4.69, 9.17) is 60.1 Å². The van der Waals surface area contributed by atoms with Gasteiger partial charge in [0, 0.05) is 87.3 Å². The average Bonchev–Trinajstić information content (AvgIpc) is 0.779. The summed E-state index contributed by atoms with van der Waals surface area (Å²) in [7, 11) is 14.0. The first kappa shape index (κ1) is 97.5. The number of hydrogen-bond acceptors (Lipinski definition) is 21. The Morgan fingerprint density at radius 2 is 0.915 bits per heavy atom. The Kier molecular flexibility index (Phi) is 40.6. The number of anilines is 2. The van der Waals surface area contributed by atoms with Gasteiger partial charge in [-0.2, -0.15) is 0 Å². The molecule has 0 atom stereocenters. The molecule has 0 spiro atoms. The number of H-pyrrole nitrogens is 3. The number of aromatic nitrogens is 4. The van der Waals surface area contributed by atoms with Gasteiger partial charge in [-0.3, -0.25) is 28.5 Å². The third kappa shape index (κ3) is 30.1. The molecule has 2 fully saturated rings. The van der Waals surface area contributed by atoms with E-state index in [0.717, 1.165) is 61.2 Å².